The summed E-state index contributed by atoms with van der Waals surface area (Å²) in [5, 5.41) is 15.1. The van der Waals surface area contributed by atoms with Crippen molar-refractivity contribution in [3.8, 4) is 0 Å². The standard InChI is InChI=1S/C14H22N4O/c1-2-14(5-3-6-14)10-16-9-11-4-7-17-12(8-11)13(15)18-19/h4,7-8,16,19H,2-3,5-6,9-10H2,1H3,(H2,15,18). The molecule has 0 radical (unpaired) electrons. The van der Waals surface area contributed by atoms with Crippen molar-refractivity contribution in [3.63, 3.8) is 0 Å². The molecular weight excluding hydrogens is 240 g/mol. The molecule has 0 spiro atoms. The van der Waals surface area contributed by atoms with Gasteiger partial charge in [-0.25, -0.2) is 0 Å². The minimum atomic E-state index is 0.0471. The fourth-order valence-corrected chi connectivity index (χ4v) is 2.58. The summed E-state index contributed by atoms with van der Waals surface area (Å²) in [5.41, 5.74) is 7.65. The van der Waals surface area contributed by atoms with Gasteiger partial charge >= 0.3 is 0 Å². The van der Waals surface area contributed by atoms with Crippen LogP contribution in [0, 0.1) is 5.41 Å². The third-order valence-electron chi connectivity index (χ3n) is 4.19. The topological polar surface area (TPSA) is 83.5 Å². The molecule has 0 bridgehead atoms. The number of aromatic nitrogens is 1. The van der Waals surface area contributed by atoms with Gasteiger partial charge in [0.05, 0.1) is 0 Å². The molecule has 0 aliphatic heterocycles. The number of amidine groups is 1. The molecule has 1 saturated carbocycles. The zero-order chi connectivity index (χ0) is 13.7. The SMILES string of the molecule is CCC1(CNCc2ccnc(/C(N)=N/O)c2)CCC1. The Morgan fingerprint density at radius 2 is 2.37 bits per heavy atom. The molecule has 1 heterocycles. The van der Waals surface area contributed by atoms with E-state index in [4.69, 9.17) is 10.9 Å². The highest BCUT2D eigenvalue weighted by Gasteiger charge is 2.34. The van der Waals surface area contributed by atoms with Crippen molar-refractivity contribution >= 4 is 5.84 Å². The molecule has 0 saturated heterocycles. The first-order chi connectivity index (χ1) is 9.19. The highest BCUT2D eigenvalue weighted by molar-refractivity contribution is 5.95. The van der Waals surface area contributed by atoms with Crippen LogP contribution in [0.4, 0.5) is 0 Å². The lowest BCUT2D eigenvalue weighted by atomic mass is 9.67. The summed E-state index contributed by atoms with van der Waals surface area (Å²) in [4.78, 5) is 4.07. The molecule has 1 aliphatic carbocycles. The molecule has 1 fully saturated rings. The normalized spacial score (nSPS) is 18.1. The van der Waals surface area contributed by atoms with E-state index in [9.17, 15) is 0 Å². The molecule has 5 heteroatoms. The number of nitrogens with zero attached hydrogens (tertiary/aromatic N) is 2. The molecule has 0 aromatic carbocycles. The lowest BCUT2D eigenvalue weighted by Gasteiger charge is -2.41. The number of oxime groups is 1. The second-order valence-corrected chi connectivity index (χ2v) is 5.35. The summed E-state index contributed by atoms with van der Waals surface area (Å²) < 4.78 is 0. The van der Waals surface area contributed by atoms with Crippen molar-refractivity contribution < 1.29 is 5.21 Å². The van der Waals surface area contributed by atoms with Gasteiger partial charge < -0.3 is 16.3 Å². The van der Waals surface area contributed by atoms with Gasteiger partial charge in [0, 0.05) is 19.3 Å². The largest absolute Gasteiger partial charge is 0.409 e. The smallest absolute Gasteiger partial charge is 0.188 e. The number of nitrogens with two attached hydrogens (primary N) is 1. The number of hydrogen-bond acceptors (Lipinski definition) is 4. The highest BCUT2D eigenvalue weighted by atomic mass is 16.4. The summed E-state index contributed by atoms with van der Waals surface area (Å²) in [5.74, 6) is 0.0471. The van der Waals surface area contributed by atoms with E-state index < -0.39 is 0 Å². The Hall–Kier alpha value is -1.62. The first-order valence-electron chi connectivity index (χ1n) is 6.83. The van der Waals surface area contributed by atoms with Gasteiger partial charge in [-0.3, -0.25) is 4.98 Å². The quantitative estimate of drug-likeness (QED) is 0.316. The van der Waals surface area contributed by atoms with Crippen LogP contribution in [0.3, 0.4) is 0 Å². The van der Waals surface area contributed by atoms with E-state index >= 15 is 0 Å². The molecule has 104 valence electrons. The van der Waals surface area contributed by atoms with Crippen LogP contribution in [0.25, 0.3) is 0 Å². The lowest BCUT2D eigenvalue weighted by molar-refractivity contribution is 0.124. The average molecular weight is 262 g/mol. The van der Waals surface area contributed by atoms with Gasteiger partial charge in [-0.05, 0) is 42.4 Å². The maximum Gasteiger partial charge on any atom is 0.188 e. The van der Waals surface area contributed by atoms with Crippen LogP contribution < -0.4 is 11.1 Å². The van der Waals surface area contributed by atoms with Gasteiger partial charge in [-0.1, -0.05) is 18.5 Å². The second-order valence-electron chi connectivity index (χ2n) is 5.35. The molecule has 0 amide bonds. The van der Waals surface area contributed by atoms with Crippen molar-refractivity contribution in [2.24, 2.45) is 16.3 Å². The van der Waals surface area contributed by atoms with Crippen molar-refractivity contribution in [1.29, 1.82) is 0 Å². The van der Waals surface area contributed by atoms with E-state index in [2.05, 4.69) is 22.4 Å². The van der Waals surface area contributed by atoms with Crippen LogP contribution >= 0.6 is 0 Å². The summed E-state index contributed by atoms with van der Waals surface area (Å²) in [6.07, 6.45) is 6.96. The molecule has 0 atom stereocenters. The molecule has 1 aliphatic rings. The van der Waals surface area contributed by atoms with Gasteiger partial charge in [0.15, 0.2) is 5.84 Å². The number of hydrogen-bond donors (Lipinski definition) is 3. The molecular formula is C14H22N4O. The Morgan fingerprint density at radius 3 is 2.95 bits per heavy atom. The zero-order valence-corrected chi connectivity index (χ0v) is 11.4. The minimum absolute atomic E-state index is 0.0471. The van der Waals surface area contributed by atoms with E-state index in [1.807, 2.05) is 12.1 Å². The Balaban J connectivity index is 1.89. The maximum atomic E-state index is 8.64. The van der Waals surface area contributed by atoms with Crippen LogP contribution in [0.1, 0.15) is 43.9 Å². The van der Waals surface area contributed by atoms with Crippen molar-refractivity contribution in [1.82, 2.24) is 10.3 Å². The van der Waals surface area contributed by atoms with E-state index in [0.717, 1.165) is 18.7 Å². The van der Waals surface area contributed by atoms with Crippen molar-refractivity contribution in [3.05, 3.63) is 29.6 Å². The molecule has 2 rings (SSSR count). The van der Waals surface area contributed by atoms with Crippen LogP contribution in [0.2, 0.25) is 0 Å². The summed E-state index contributed by atoms with van der Waals surface area (Å²) >= 11 is 0. The van der Waals surface area contributed by atoms with Crippen molar-refractivity contribution in [2.45, 2.75) is 39.2 Å². The van der Waals surface area contributed by atoms with E-state index in [0.29, 0.717) is 11.1 Å². The predicted molar refractivity (Wildman–Crippen MR) is 75.0 cm³/mol. The molecule has 4 N–H and O–H groups in total. The monoisotopic (exact) mass is 262 g/mol. The second kappa shape index (κ2) is 6.02. The number of pyridine rings is 1. The molecule has 5 nitrogen and oxygen atoms in total. The fraction of sp³-hybridized carbons (Fsp3) is 0.571. The summed E-state index contributed by atoms with van der Waals surface area (Å²) in [7, 11) is 0. The fourth-order valence-electron chi connectivity index (χ4n) is 2.58. The van der Waals surface area contributed by atoms with Crippen LogP contribution in [0.15, 0.2) is 23.5 Å². The Labute approximate surface area is 113 Å². The van der Waals surface area contributed by atoms with Gasteiger partial charge in [0.2, 0.25) is 0 Å². The van der Waals surface area contributed by atoms with Crippen LogP contribution in [0.5, 0.6) is 0 Å². The molecule has 1 aromatic rings. The Bertz CT molecular complexity index is 449. The average Bonchev–Trinajstić information content (AvgIpc) is 2.41. The lowest BCUT2D eigenvalue weighted by Crippen LogP contribution is -2.39. The highest BCUT2D eigenvalue weighted by Crippen LogP contribution is 2.43. The van der Waals surface area contributed by atoms with Crippen LogP contribution in [-0.2, 0) is 6.54 Å². The first kappa shape index (κ1) is 13.8. The Kier molecular flexibility index (Phi) is 4.37. The van der Waals surface area contributed by atoms with Gasteiger partial charge in [0.1, 0.15) is 5.69 Å². The van der Waals surface area contributed by atoms with Gasteiger partial charge in [0.25, 0.3) is 0 Å². The van der Waals surface area contributed by atoms with Crippen LogP contribution in [-0.4, -0.2) is 22.6 Å². The third-order valence-corrected chi connectivity index (χ3v) is 4.19. The van der Waals surface area contributed by atoms with Gasteiger partial charge in [-0.2, -0.15) is 0 Å². The first-order valence-corrected chi connectivity index (χ1v) is 6.83. The van der Waals surface area contributed by atoms with Crippen molar-refractivity contribution in [2.75, 3.05) is 6.54 Å². The Morgan fingerprint density at radius 1 is 1.58 bits per heavy atom. The number of rotatable bonds is 6. The molecule has 0 unspecified atom stereocenters. The predicted octanol–water partition coefficient (Wildman–Crippen LogP) is 1.85. The maximum absolute atomic E-state index is 8.64. The number of nitrogens with one attached hydrogen (secondary N) is 1. The summed E-state index contributed by atoms with van der Waals surface area (Å²) in [6.45, 7) is 4.12. The molecule has 19 heavy (non-hydrogen) atoms. The molecule has 1 aromatic heterocycles. The van der Waals surface area contributed by atoms with Gasteiger partial charge in [-0.15, -0.1) is 0 Å². The summed E-state index contributed by atoms with van der Waals surface area (Å²) in [6, 6.07) is 3.79. The zero-order valence-electron chi connectivity index (χ0n) is 11.4. The van der Waals surface area contributed by atoms with E-state index in [-0.39, 0.29) is 5.84 Å². The third kappa shape index (κ3) is 3.23. The van der Waals surface area contributed by atoms with E-state index in [1.165, 1.54) is 25.7 Å². The van der Waals surface area contributed by atoms with E-state index in [1.54, 1.807) is 6.20 Å². The minimum Gasteiger partial charge on any atom is -0.409 e.